The zero-order valence-electron chi connectivity index (χ0n) is 6.15. The van der Waals surface area contributed by atoms with Gasteiger partial charge in [0.25, 0.3) is 0 Å². The Balaban J connectivity index is 2.27. The van der Waals surface area contributed by atoms with E-state index in [1.54, 1.807) is 0 Å². The summed E-state index contributed by atoms with van der Waals surface area (Å²) in [5.74, 6) is 0. The summed E-state index contributed by atoms with van der Waals surface area (Å²) in [5.41, 5.74) is 0. The number of amides is 1. The lowest BCUT2D eigenvalue weighted by molar-refractivity contribution is -0.00566. The second-order valence-corrected chi connectivity index (χ2v) is 2.14. The Bertz CT molecular complexity index is 133. The highest BCUT2D eigenvalue weighted by molar-refractivity contribution is 5.67. The van der Waals surface area contributed by atoms with Gasteiger partial charge in [0.15, 0.2) is 6.79 Å². The summed E-state index contributed by atoms with van der Waals surface area (Å²) in [6.07, 6.45) is -0.476. The molecule has 0 aliphatic carbocycles. The van der Waals surface area contributed by atoms with Crippen LogP contribution in [0.15, 0.2) is 0 Å². The van der Waals surface area contributed by atoms with Crippen LogP contribution in [0.2, 0.25) is 0 Å². The first-order chi connectivity index (χ1) is 5.34. The summed E-state index contributed by atoms with van der Waals surface area (Å²) in [5, 5.41) is 8.27. The Kier molecular flexibility index (Phi) is 3.13. The van der Waals surface area contributed by atoms with Gasteiger partial charge in [-0.1, -0.05) is 0 Å². The molecule has 0 bridgehead atoms. The van der Waals surface area contributed by atoms with E-state index in [1.807, 2.05) is 0 Å². The van der Waals surface area contributed by atoms with Gasteiger partial charge in [0.1, 0.15) is 0 Å². The molecule has 1 fully saturated rings. The Morgan fingerprint density at radius 3 is 2.73 bits per heavy atom. The van der Waals surface area contributed by atoms with E-state index in [4.69, 9.17) is 9.84 Å². The first-order valence-corrected chi connectivity index (χ1v) is 3.45. The fourth-order valence-corrected chi connectivity index (χ4v) is 0.892. The molecule has 0 aromatic heterocycles. The molecule has 1 saturated heterocycles. The maximum absolute atomic E-state index is 10.9. The van der Waals surface area contributed by atoms with E-state index in [1.165, 1.54) is 4.90 Å². The Hall–Kier alpha value is -0.810. The van der Waals surface area contributed by atoms with Crippen molar-refractivity contribution in [1.82, 2.24) is 4.90 Å². The lowest BCUT2D eigenvalue weighted by Gasteiger charge is -2.25. The number of hydrogen-bond donors (Lipinski definition) is 1. The maximum Gasteiger partial charge on any atom is 0.412 e. The first kappa shape index (κ1) is 8.29. The summed E-state index contributed by atoms with van der Waals surface area (Å²) in [6.45, 7) is 1.61. The van der Waals surface area contributed by atoms with E-state index < -0.39 is 12.9 Å². The van der Waals surface area contributed by atoms with Gasteiger partial charge in [0.05, 0.1) is 13.2 Å². The molecular formula is C6H11NO4. The van der Waals surface area contributed by atoms with Crippen molar-refractivity contribution in [3.63, 3.8) is 0 Å². The van der Waals surface area contributed by atoms with Crippen molar-refractivity contribution < 1.29 is 19.4 Å². The lowest BCUT2D eigenvalue weighted by Crippen LogP contribution is -2.41. The van der Waals surface area contributed by atoms with Crippen molar-refractivity contribution in [2.75, 3.05) is 33.1 Å². The molecule has 64 valence electrons. The Morgan fingerprint density at radius 2 is 2.18 bits per heavy atom. The zero-order valence-corrected chi connectivity index (χ0v) is 6.15. The van der Waals surface area contributed by atoms with Crippen molar-refractivity contribution in [2.45, 2.75) is 0 Å². The summed E-state index contributed by atoms with van der Waals surface area (Å²) in [4.78, 5) is 12.4. The highest BCUT2D eigenvalue weighted by atomic mass is 16.6. The highest BCUT2D eigenvalue weighted by Crippen LogP contribution is 1.98. The molecule has 1 aliphatic heterocycles. The number of carbonyl (C=O) groups excluding carboxylic acids is 1. The normalized spacial score (nSPS) is 18.1. The van der Waals surface area contributed by atoms with Gasteiger partial charge in [-0.05, 0) is 0 Å². The van der Waals surface area contributed by atoms with Gasteiger partial charge in [-0.3, -0.25) is 0 Å². The van der Waals surface area contributed by atoms with Crippen LogP contribution >= 0.6 is 0 Å². The van der Waals surface area contributed by atoms with Gasteiger partial charge in [0.2, 0.25) is 0 Å². The van der Waals surface area contributed by atoms with Gasteiger partial charge in [0, 0.05) is 13.1 Å². The van der Waals surface area contributed by atoms with Crippen LogP contribution in [-0.2, 0) is 9.47 Å². The molecular weight excluding hydrogens is 150 g/mol. The van der Waals surface area contributed by atoms with E-state index in [0.717, 1.165) is 0 Å². The van der Waals surface area contributed by atoms with E-state index in [0.29, 0.717) is 26.3 Å². The predicted octanol–water partition coefficient (Wildman–Crippen LogP) is -0.595. The van der Waals surface area contributed by atoms with Crippen LogP contribution in [0.5, 0.6) is 0 Å². The van der Waals surface area contributed by atoms with Crippen LogP contribution in [0.1, 0.15) is 0 Å². The van der Waals surface area contributed by atoms with Crippen LogP contribution in [0, 0.1) is 0 Å². The van der Waals surface area contributed by atoms with Gasteiger partial charge >= 0.3 is 6.09 Å². The molecule has 0 atom stereocenters. The number of morpholine rings is 1. The number of ether oxygens (including phenoxy) is 2. The van der Waals surface area contributed by atoms with Crippen LogP contribution in [0.3, 0.4) is 0 Å². The first-order valence-electron chi connectivity index (χ1n) is 3.45. The number of aliphatic hydroxyl groups is 1. The molecule has 1 rings (SSSR count). The molecule has 5 heteroatoms. The third-order valence-electron chi connectivity index (χ3n) is 1.46. The zero-order chi connectivity index (χ0) is 8.10. The van der Waals surface area contributed by atoms with Crippen LogP contribution in [-0.4, -0.2) is 49.2 Å². The topological polar surface area (TPSA) is 59.0 Å². The smallest absolute Gasteiger partial charge is 0.412 e. The van der Waals surface area contributed by atoms with Crippen LogP contribution in [0.4, 0.5) is 4.79 Å². The Labute approximate surface area is 64.5 Å². The minimum absolute atomic E-state index is 0.476. The van der Waals surface area contributed by atoms with Crippen molar-refractivity contribution in [1.29, 1.82) is 0 Å². The van der Waals surface area contributed by atoms with E-state index in [-0.39, 0.29) is 0 Å². The molecule has 11 heavy (non-hydrogen) atoms. The van der Waals surface area contributed by atoms with E-state index in [2.05, 4.69) is 4.74 Å². The number of hydrogen-bond acceptors (Lipinski definition) is 4. The summed E-state index contributed by atoms with van der Waals surface area (Å²) >= 11 is 0. The Morgan fingerprint density at radius 1 is 1.55 bits per heavy atom. The summed E-state index contributed by atoms with van der Waals surface area (Å²) < 4.78 is 9.38. The molecule has 0 radical (unpaired) electrons. The molecule has 1 heterocycles. The van der Waals surface area contributed by atoms with Gasteiger partial charge in [-0.25, -0.2) is 4.79 Å². The number of nitrogens with zero attached hydrogens (tertiary/aromatic N) is 1. The maximum atomic E-state index is 10.9. The van der Waals surface area contributed by atoms with E-state index in [9.17, 15) is 4.79 Å². The highest BCUT2D eigenvalue weighted by Gasteiger charge is 2.16. The lowest BCUT2D eigenvalue weighted by atomic mass is 10.5. The molecule has 0 saturated carbocycles. The minimum atomic E-state index is -0.559. The fraction of sp³-hybridized carbons (Fsp3) is 0.833. The monoisotopic (exact) mass is 161 g/mol. The van der Waals surface area contributed by atoms with Crippen molar-refractivity contribution >= 4 is 6.09 Å². The molecule has 0 spiro atoms. The van der Waals surface area contributed by atoms with Crippen molar-refractivity contribution in [3.8, 4) is 0 Å². The van der Waals surface area contributed by atoms with Gasteiger partial charge in [-0.15, -0.1) is 0 Å². The minimum Gasteiger partial charge on any atom is -0.422 e. The molecule has 1 aliphatic rings. The third-order valence-corrected chi connectivity index (χ3v) is 1.46. The number of rotatable bonds is 1. The summed E-state index contributed by atoms with van der Waals surface area (Å²) in [6, 6.07) is 0. The fourth-order valence-electron chi connectivity index (χ4n) is 0.892. The van der Waals surface area contributed by atoms with Crippen molar-refractivity contribution in [3.05, 3.63) is 0 Å². The number of aliphatic hydroxyl groups excluding tert-OH is 1. The standard InChI is InChI=1S/C6H11NO4/c8-5-11-6(9)7-1-3-10-4-2-7/h8H,1-5H2. The molecule has 0 unspecified atom stereocenters. The second kappa shape index (κ2) is 4.15. The molecule has 1 N–H and O–H groups in total. The SMILES string of the molecule is O=C(OCO)N1CCOCC1. The molecule has 0 aromatic rings. The third kappa shape index (κ3) is 2.36. The average Bonchev–Trinajstić information content (AvgIpc) is 2.07. The summed E-state index contributed by atoms with van der Waals surface area (Å²) in [7, 11) is 0. The van der Waals surface area contributed by atoms with Crippen molar-refractivity contribution in [2.24, 2.45) is 0 Å². The van der Waals surface area contributed by atoms with Crippen LogP contribution < -0.4 is 0 Å². The van der Waals surface area contributed by atoms with Gasteiger partial charge in [-0.2, -0.15) is 0 Å². The van der Waals surface area contributed by atoms with Crippen LogP contribution in [0.25, 0.3) is 0 Å². The molecule has 5 nitrogen and oxygen atoms in total. The van der Waals surface area contributed by atoms with Gasteiger partial charge < -0.3 is 19.5 Å². The number of carbonyl (C=O) groups is 1. The van der Waals surface area contributed by atoms with E-state index >= 15 is 0 Å². The largest absolute Gasteiger partial charge is 0.422 e. The predicted molar refractivity (Wildman–Crippen MR) is 36.0 cm³/mol. The second-order valence-electron chi connectivity index (χ2n) is 2.14. The average molecular weight is 161 g/mol. The molecule has 1 amide bonds. The quantitative estimate of drug-likeness (QED) is 0.522. The molecule has 0 aromatic carbocycles.